The molecule has 0 bridgehead atoms. The van der Waals surface area contributed by atoms with Crippen LogP contribution in [-0.2, 0) is 4.79 Å². The van der Waals surface area contributed by atoms with E-state index in [9.17, 15) is 4.79 Å². The fourth-order valence-corrected chi connectivity index (χ4v) is 0.609. The minimum absolute atomic E-state index is 0. The summed E-state index contributed by atoms with van der Waals surface area (Å²) in [7, 11) is 0. The lowest BCUT2D eigenvalue weighted by molar-refractivity contribution is -0.138. The van der Waals surface area contributed by atoms with Crippen LogP contribution in [0.2, 0.25) is 0 Å². The normalized spacial score (nSPS) is 12.4. The fraction of sp³-hybridized carbons (Fsp3) is 0.833. The summed E-state index contributed by atoms with van der Waals surface area (Å²) >= 11 is 0. The molecule has 0 aliphatic heterocycles. The molecule has 0 aromatic rings. The molecular formula is C6H14INO2. The maximum Gasteiger partial charge on any atom is 0.320 e. The zero-order chi connectivity index (χ0) is 7.44. The summed E-state index contributed by atoms with van der Waals surface area (Å²) in [6.07, 6.45) is 0.551. The van der Waals surface area contributed by atoms with Gasteiger partial charge in [-0.25, -0.2) is 0 Å². The topological polar surface area (TPSA) is 63.3 Å². The summed E-state index contributed by atoms with van der Waals surface area (Å²) < 4.78 is 0. The van der Waals surface area contributed by atoms with Crippen LogP contribution in [0.15, 0.2) is 0 Å². The maximum atomic E-state index is 10.1. The second-order valence-corrected chi connectivity index (χ2v) is 2.57. The molecule has 0 saturated carbocycles. The van der Waals surface area contributed by atoms with E-state index in [0.29, 0.717) is 12.3 Å². The van der Waals surface area contributed by atoms with Gasteiger partial charge >= 0.3 is 5.97 Å². The SMILES string of the molecule is CC(C)CC(N)C(=O)O.I. The van der Waals surface area contributed by atoms with Crippen molar-refractivity contribution in [1.29, 1.82) is 0 Å². The van der Waals surface area contributed by atoms with E-state index in [-0.39, 0.29) is 24.0 Å². The third kappa shape index (κ3) is 6.28. The van der Waals surface area contributed by atoms with Gasteiger partial charge in [0, 0.05) is 0 Å². The Morgan fingerprint density at radius 3 is 2.10 bits per heavy atom. The highest BCUT2D eigenvalue weighted by Gasteiger charge is 2.11. The fourth-order valence-electron chi connectivity index (χ4n) is 0.609. The minimum atomic E-state index is -0.913. The second kappa shape index (κ2) is 5.91. The molecule has 0 aliphatic carbocycles. The Bertz CT molecular complexity index is 106. The first-order valence-corrected chi connectivity index (χ1v) is 3.02. The summed E-state index contributed by atoms with van der Waals surface area (Å²) in [6, 6.07) is -0.690. The number of halogens is 1. The number of rotatable bonds is 3. The van der Waals surface area contributed by atoms with Crippen molar-refractivity contribution in [2.75, 3.05) is 0 Å². The summed E-state index contributed by atoms with van der Waals surface area (Å²) in [4.78, 5) is 10.1. The highest BCUT2D eigenvalue weighted by Crippen LogP contribution is 2.01. The number of carboxylic acids is 1. The van der Waals surface area contributed by atoms with Crippen LogP contribution in [0.3, 0.4) is 0 Å². The van der Waals surface area contributed by atoms with Gasteiger partial charge in [-0.1, -0.05) is 13.8 Å². The largest absolute Gasteiger partial charge is 0.480 e. The molecular weight excluding hydrogens is 245 g/mol. The van der Waals surface area contributed by atoms with Gasteiger partial charge in [0.1, 0.15) is 6.04 Å². The first-order chi connectivity index (χ1) is 4.04. The van der Waals surface area contributed by atoms with Crippen molar-refractivity contribution in [3.63, 3.8) is 0 Å². The molecule has 0 aromatic carbocycles. The Hall–Kier alpha value is 0.160. The zero-order valence-electron chi connectivity index (χ0n) is 6.20. The number of carbonyl (C=O) groups is 1. The number of carboxylic acid groups (broad SMARTS) is 1. The van der Waals surface area contributed by atoms with E-state index in [1.807, 2.05) is 13.8 Å². The van der Waals surface area contributed by atoms with Gasteiger partial charge in [0.2, 0.25) is 0 Å². The van der Waals surface area contributed by atoms with Crippen molar-refractivity contribution in [2.45, 2.75) is 26.3 Å². The van der Waals surface area contributed by atoms with Crippen LogP contribution in [0.5, 0.6) is 0 Å². The summed E-state index contributed by atoms with van der Waals surface area (Å²) in [5.41, 5.74) is 5.22. The van der Waals surface area contributed by atoms with E-state index in [1.54, 1.807) is 0 Å². The third-order valence-electron chi connectivity index (χ3n) is 1.04. The highest BCUT2D eigenvalue weighted by atomic mass is 127. The van der Waals surface area contributed by atoms with Crippen LogP contribution in [0, 0.1) is 5.92 Å². The molecule has 0 amide bonds. The standard InChI is InChI=1S/C6H13NO2.HI/c1-4(2)3-5(7)6(8)9;/h4-5H,3,7H2,1-2H3,(H,8,9);1H. The third-order valence-corrected chi connectivity index (χ3v) is 1.04. The van der Waals surface area contributed by atoms with E-state index in [2.05, 4.69) is 0 Å². The molecule has 1 atom stereocenters. The first-order valence-electron chi connectivity index (χ1n) is 3.02. The molecule has 0 spiro atoms. The molecule has 0 fully saturated rings. The molecule has 0 radical (unpaired) electrons. The van der Waals surface area contributed by atoms with E-state index in [0.717, 1.165) is 0 Å². The first kappa shape index (κ1) is 12.8. The number of hydrogen-bond acceptors (Lipinski definition) is 2. The molecule has 3 N–H and O–H groups in total. The lowest BCUT2D eigenvalue weighted by atomic mass is 10.1. The van der Waals surface area contributed by atoms with Gasteiger partial charge in [-0.3, -0.25) is 4.79 Å². The average molecular weight is 259 g/mol. The van der Waals surface area contributed by atoms with Crippen LogP contribution in [-0.4, -0.2) is 17.1 Å². The second-order valence-electron chi connectivity index (χ2n) is 2.57. The van der Waals surface area contributed by atoms with E-state index < -0.39 is 12.0 Å². The van der Waals surface area contributed by atoms with Crippen molar-refractivity contribution in [1.82, 2.24) is 0 Å². The van der Waals surface area contributed by atoms with E-state index >= 15 is 0 Å². The van der Waals surface area contributed by atoms with E-state index in [4.69, 9.17) is 10.8 Å². The molecule has 0 aliphatic rings. The molecule has 0 heterocycles. The Labute approximate surface area is 78.0 Å². The van der Waals surface area contributed by atoms with Crippen LogP contribution in [0.1, 0.15) is 20.3 Å². The molecule has 10 heavy (non-hydrogen) atoms. The van der Waals surface area contributed by atoms with Crippen molar-refractivity contribution in [3.05, 3.63) is 0 Å². The van der Waals surface area contributed by atoms with Crippen LogP contribution in [0.4, 0.5) is 0 Å². The average Bonchev–Trinajstić information content (AvgIpc) is 1.63. The predicted molar refractivity (Wildman–Crippen MR) is 50.5 cm³/mol. The Kier molecular flexibility index (Phi) is 7.56. The molecule has 62 valence electrons. The Balaban J connectivity index is 0. The van der Waals surface area contributed by atoms with Crippen LogP contribution >= 0.6 is 24.0 Å². The number of aliphatic carboxylic acids is 1. The monoisotopic (exact) mass is 259 g/mol. The van der Waals surface area contributed by atoms with Gasteiger partial charge in [-0.05, 0) is 12.3 Å². The molecule has 1 unspecified atom stereocenters. The van der Waals surface area contributed by atoms with Gasteiger partial charge in [-0.15, -0.1) is 24.0 Å². The van der Waals surface area contributed by atoms with Crippen LogP contribution < -0.4 is 5.73 Å². The summed E-state index contributed by atoms with van der Waals surface area (Å²) in [6.45, 7) is 3.89. The summed E-state index contributed by atoms with van der Waals surface area (Å²) in [5.74, 6) is -0.556. The van der Waals surface area contributed by atoms with Crippen molar-refractivity contribution in [2.24, 2.45) is 11.7 Å². The summed E-state index contributed by atoms with van der Waals surface area (Å²) in [5, 5.41) is 8.31. The Morgan fingerprint density at radius 1 is 1.60 bits per heavy atom. The van der Waals surface area contributed by atoms with Gasteiger partial charge < -0.3 is 10.8 Å². The Morgan fingerprint density at radius 2 is 2.00 bits per heavy atom. The predicted octanol–water partition coefficient (Wildman–Crippen LogP) is 1.06. The van der Waals surface area contributed by atoms with Crippen molar-refractivity contribution in [3.8, 4) is 0 Å². The molecule has 4 heteroatoms. The van der Waals surface area contributed by atoms with Crippen LogP contribution in [0.25, 0.3) is 0 Å². The maximum absolute atomic E-state index is 10.1. The molecule has 0 saturated heterocycles. The van der Waals surface area contributed by atoms with Gasteiger partial charge in [0.05, 0.1) is 0 Å². The number of hydrogen-bond donors (Lipinski definition) is 2. The quantitative estimate of drug-likeness (QED) is 0.745. The van der Waals surface area contributed by atoms with Gasteiger partial charge in [-0.2, -0.15) is 0 Å². The van der Waals surface area contributed by atoms with Crippen molar-refractivity contribution < 1.29 is 9.90 Å². The van der Waals surface area contributed by atoms with E-state index in [1.165, 1.54) is 0 Å². The minimum Gasteiger partial charge on any atom is -0.480 e. The van der Waals surface area contributed by atoms with Gasteiger partial charge in [0.25, 0.3) is 0 Å². The molecule has 0 rings (SSSR count). The van der Waals surface area contributed by atoms with Crippen molar-refractivity contribution >= 4 is 29.9 Å². The smallest absolute Gasteiger partial charge is 0.320 e. The lowest BCUT2D eigenvalue weighted by Gasteiger charge is -2.07. The lowest BCUT2D eigenvalue weighted by Crippen LogP contribution is -2.31. The number of nitrogens with two attached hydrogens (primary N) is 1. The van der Waals surface area contributed by atoms with Gasteiger partial charge in [0.15, 0.2) is 0 Å². The molecule has 3 nitrogen and oxygen atoms in total. The highest BCUT2D eigenvalue weighted by molar-refractivity contribution is 14.0. The molecule has 0 aromatic heterocycles. The zero-order valence-corrected chi connectivity index (χ0v) is 8.53.